The van der Waals surface area contributed by atoms with Crippen LogP contribution in [0.3, 0.4) is 0 Å². The second-order valence-electron chi connectivity index (χ2n) is 8.71. The molecule has 1 saturated heterocycles. The Bertz CT molecular complexity index is 1470. The van der Waals surface area contributed by atoms with E-state index in [-0.39, 0.29) is 0 Å². The molecule has 5 aromatic rings. The van der Waals surface area contributed by atoms with Crippen LogP contribution in [0, 0.1) is 0 Å². The first-order valence-electron chi connectivity index (χ1n) is 12.0. The lowest BCUT2D eigenvalue weighted by molar-refractivity contribution is 0.122. The zero-order chi connectivity index (χ0) is 23.8. The van der Waals surface area contributed by atoms with Gasteiger partial charge in [0.05, 0.1) is 30.6 Å². The SMILES string of the molecule is CCN(Cc1ccccc1)c1nc2ccccc2n1-c1nc(N2CCOCC2)c2ncn(C)c2n1. The summed E-state index contributed by atoms with van der Waals surface area (Å²) in [6.45, 7) is 6.58. The molecule has 1 aliphatic rings. The van der Waals surface area contributed by atoms with E-state index in [2.05, 4.69) is 56.6 Å². The summed E-state index contributed by atoms with van der Waals surface area (Å²) in [6, 6.07) is 18.6. The van der Waals surface area contributed by atoms with Crippen LogP contribution in [0.5, 0.6) is 0 Å². The van der Waals surface area contributed by atoms with Crippen molar-refractivity contribution >= 4 is 34.0 Å². The summed E-state index contributed by atoms with van der Waals surface area (Å²) in [6.07, 6.45) is 1.80. The van der Waals surface area contributed by atoms with Gasteiger partial charge < -0.3 is 19.1 Å². The number of hydrogen-bond acceptors (Lipinski definition) is 7. The van der Waals surface area contributed by atoms with Gasteiger partial charge in [0.15, 0.2) is 17.0 Å². The molecule has 0 aliphatic carbocycles. The fourth-order valence-electron chi connectivity index (χ4n) is 4.63. The Morgan fingerprint density at radius 3 is 2.51 bits per heavy atom. The van der Waals surface area contributed by atoms with Gasteiger partial charge in [0.1, 0.15) is 0 Å². The van der Waals surface area contributed by atoms with Gasteiger partial charge in [-0.25, -0.2) is 14.5 Å². The molecule has 0 saturated carbocycles. The maximum absolute atomic E-state index is 5.59. The van der Waals surface area contributed by atoms with Gasteiger partial charge in [0, 0.05) is 33.2 Å². The van der Waals surface area contributed by atoms with Crippen LogP contribution in [0.4, 0.5) is 11.8 Å². The molecule has 0 spiro atoms. The molecule has 0 radical (unpaired) electrons. The first-order valence-corrected chi connectivity index (χ1v) is 12.0. The number of aromatic nitrogens is 6. The first kappa shape index (κ1) is 21.5. The summed E-state index contributed by atoms with van der Waals surface area (Å²) < 4.78 is 9.62. The molecule has 1 aliphatic heterocycles. The number of hydrogen-bond donors (Lipinski definition) is 0. The van der Waals surface area contributed by atoms with Crippen LogP contribution in [-0.4, -0.2) is 61.9 Å². The fourth-order valence-corrected chi connectivity index (χ4v) is 4.63. The van der Waals surface area contributed by atoms with E-state index in [9.17, 15) is 0 Å². The molecular weight excluding hydrogens is 440 g/mol. The van der Waals surface area contributed by atoms with E-state index in [0.717, 1.165) is 60.1 Å². The Morgan fingerprint density at radius 2 is 1.71 bits per heavy atom. The number of imidazole rings is 2. The largest absolute Gasteiger partial charge is 0.378 e. The highest BCUT2D eigenvalue weighted by Gasteiger charge is 2.24. The van der Waals surface area contributed by atoms with E-state index in [1.165, 1.54) is 5.56 Å². The molecule has 9 heteroatoms. The topological polar surface area (TPSA) is 77.1 Å². The summed E-state index contributed by atoms with van der Waals surface area (Å²) in [4.78, 5) is 24.3. The molecule has 35 heavy (non-hydrogen) atoms. The third-order valence-corrected chi connectivity index (χ3v) is 6.46. The van der Waals surface area contributed by atoms with Crippen LogP contribution >= 0.6 is 0 Å². The Kier molecular flexibility index (Phi) is 5.54. The van der Waals surface area contributed by atoms with Crippen LogP contribution in [-0.2, 0) is 18.3 Å². The van der Waals surface area contributed by atoms with Crippen LogP contribution in [0.1, 0.15) is 12.5 Å². The van der Waals surface area contributed by atoms with Crippen LogP contribution < -0.4 is 9.80 Å². The van der Waals surface area contributed by atoms with Crippen LogP contribution in [0.2, 0.25) is 0 Å². The molecule has 6 rings (SSSR count). The predicted octanol–water partition coefficient (Wildman–Crippen LogP) is 3.57. The molecule has 178 valence electrons. The minimum atomic E-state index is 0.595. The minimum Gasteiger partial charge on any atom is -0.378 e. The van der Waals surface area contributed by atoms with Gasteiger partial charge >= 0.3 is 0 Å². The lowest BCUT2D eigenvalue weighted by atomic mass is 10.2. The van der Waals surface area contributed by atoms with E-state index in [0.29, 0.717) is 19.2 Å². The number of aryl methyl sites for hydroxylation is 1. The smallest absolute Gasteiger partial charge is 0.241 e. The fraction of sp³-hybridized carbons (Fsp3) is 0.308. The van der Waals surface area contributed by atoms with Crippen LogP contribution in [0.15, 0.2) is 60.9 Å². The summed E-state index contributed by atoms with van der Waals surface area (Å²) in [5, 5.41) is 0. The maximum atomic E-state index is 5.59. The van der Waals surface area contributed by atoms with Crippen molar-refractivity contribution < 1.29 is 4.74 Å². The molecule has 0 bridgehead atoms. The molecule has 9 nitrogen and oxygen atoms in total. The molecule has 0 unspecified atom stereocenters. The number of para-hydroxylation sites is 2. The Morgan fingerprint density at radius 1 is 0.943 bits per heavy atom. The third-order valence-electron chi connectivity index (χ3n) is 6.46. The lowest BCUT2D eigenvalue weighted by Gasteiger charge is -2.28. The number of nitrogens with zero attached hydrogens (tertiary/aromatic N) is 8. The molecule has 2 aromatic carbocycles. The highest BCUT2D eigenvalue weighted by Crippen LogP contribution is 2.30. The minimum absolute atomic E-state index is 0.595. The van der Waals surface area contributed by atoms with Crippen molar-refractivity contribution in [3.8, 4) is 5.95 Å². The average Bonchev–Trinajstić information content (AvgIpc) is 3.48. The van der Waals surface area contributed by atoms with Crippen molar-refractivity contribution in [1.29, 1.82) is 0 Å². The van der Waals surface area contributed by atoms with Gasteiger partial charge in [-0.05, 0) is 24.6 Å². The number of fused-ring (bicyclic) bond motifs is 2. The molecular formula is C26H28N8O. The van der Waals surface area contributed by atoms with Gasteiger partial charge in [-0.3, -0.25) is 0 Å². The summed E-state index contributed by atoms with van der Waals surface area (Å²) in [7, 11) is 1.97. The molecule has 4 heterocycles. The molecule has 0 N–H and O–H groups in total. The number of morpholine rings is 1. The Balaban J connectivity index is 1.55. The van der Waals surface area contributed by atoms with Gasteiger partial charge in [-0.2, -0.15) is 9.97 Å². The second kappa shape index (κ2) is 8.99. The van der Waals surface area contributed by atoms with E-state index >= 15 is 0 Å². The van der Waals surface area contributed by atoms with E-state index in [1.54, 1.807) is 6.33 Å². The van der Waals surface area contributed by atoms with E-state index in [1.807, 2.05) is 35.9 Å². The number of anilines is 2. The first-order chi connectivity index (χ1) is 17.2. The molecule has 0 atom stereocenters. The average molecular weight is 469 g/mol. The van der Waals surface area contributed by atoms with E-state index in [4.69, 9.17) is 19.7 Å². The van der Waals surface area contributed by atoms with Crippen molar-refractivity contribution in [3.63, 3.8) is 0 Å². The zero-order valence-corrected chi connectivity index (χ0v) is 20.0. The summed E-state index contributed by atoms with van der Waals surface area (Å²) >= 11 is 0. The lowest BCUT2D eigenvalue weighted by Crippen LogP contribution is -2.37. The van der Waals surface area contributed by atoms with Crippen molar-refractivity contribution in [2.24, 2.45) is 7.05 Å². The van der Waals surface area contributed by atoms with Crippen molar-refractivity contribution in [2.45, 2.75) is 13.5 Å². The number of ether oxygens (including phenoxy) is 1. The van der Waals surface area contributed by atoms with Gasteiger partial charge in [0.2, 0.25) is 11.9 Å². The highest BCUT2D eigenvalue weighted by atomic mass is 16.5. The van der Waals surface area contributed by atoms with Crippen molar-refractivity contribution in [2.75, 3.05) is 42.6 Å². The Hall–Kier alpha value is -3.98. The quantitative estimate of drug-likeness (QED) is 0.377. The third kappa shape index (κ3) is 3.87. The normalized spacial score (nSPS) is 14.2. The monoisotopic (exact) mass is 468 g/mol. The molecule has 1 fully saturated rings. The van der Waals surface area contributed by atoms with Gasteiger partial charge in [0.25, 0.3) is 0 Å². The van der Waals surface area contributed by atoms with Gasteiger partial charge in [-0.15, -0.1) is 0 Å². The van der Waals surface area contributed by atoms with Crippen LogP contribution in [0.25, 0.3) is 28.1 Å². The Labute approximate surface area is 203 Å². The molecule has 0 amide bonds. The van der Waals surface area contributed by atoms with E-state index < -0.39 is 0 Å². The molecule has 3 aromatic heterocycles. The number of rotatable bonds is 6. The highest BCUT2D eigenvalue weighted by molar-refractivity contribution is 5.86. The maximum Gasteiger partial charge on any atom is 0.241 e. The predicted molar refractivity (Wildman–Crippen MR) is 137 cm³/mol. The summed E-state index contributed by atoms with van der Waals surface area (Å²) in [5.74, 6) is 2.26. The van der Waals surface area contributed by atoms with Gasteiger partial charge in [-0.1, -0.05) is 42.5 Å². The second-order valence-corrected chi connectivity index (χ2v) is 8.71. The van der Waals surface area contributed by atoms with Crippen molar-refractivity contribution in [1.82, 2.24) is 29.1 Å². The van der Waals surface area contributed by atoms with Crippen molar-refractivity contribution in [3.05, 3.63) is 66.5 Å². The standard InChI is InChI=1S/C26H28N8O/c1-3-32(17-19-9-5-4-6-10-19)26-28-20-11-7-8-12-21(20)34(26)25-29-23-22(27-18-31(23)2)24(30-25)33-13-15-35-16-14-33/h4-12,18H,3,13-17H2,1-2H3. The number of benzene rings is 2. The zero-order valence-electron chi connectivity index (χ0n) is 20.0. The summed E-state index contributed by atoms with van der Waals surface area (Å²) in [5.41, 5.74) is 4.72.